The summed E-state index contributed by atoms with van der Waals surface area (Å²) < 4.78 is 34.0. The van der Waals surface area contributed by atoms with Gasteiger partial charge in [0, 0.05) is 12.6 Å². The van der Waals surface area contributed by atoms with Gasteiger partial charge in [-0.15, -0.1) is 11.3 Å². The molecule has 6 nitrogen and oxygen atoms in total. The van der Waals surface area contributed by atoms with E-state index in [1.165, 1.54) is 27.8 Å². The van der Waals surface area contributed by atoms with Crippen molar-refractivity contribution in [3.05, 3.63) is 59.1 Å². The van der Waals surface area contributed by atoms with E-state index in [9.17, 15) is 13.2 Å². The maximum absolute atomic E-state index is 13.0. The second-order valence-electron chi connectivity index (χ2n) is 7.14. The van der Waals surface area contributed by atoms with Gasteiger partial charge in [0.1, 0.15) is 11.6 Å². The molecule has 0 aliphatic carbocycles. The Bertz CT molecular complexity index is 1110. The van der Waals surface area contributed by atoms with E-state index in [-0.39, 0.29) is 23.1 Å². The van der Waals surface area contributed by atoms with E-state index in [1.807, 2.05) is 31.2 Å². The van der Waals surface area contributed by atoms with E-state index >= 15 is 0 Å². The van der Waals surface area contributed by atoms with Crippen molar-refractivity contribution in [3.63, 3.8) is 0 Å². The van der Waals surface area contributed by atoms with Gasteiger partial charge in [0.25, 0.3) is 0 Å². The van der Waals surface area contributed by atoms with Gasteiger partial charge in [-0.05, 0) is 50.1 Å². The van der Waals surface area contributed by atoms with Gasteiger partial charge < -0.3 is 4.74 Å². The average Bonchev–Trinajstić information content (AvgIpc) is 3.15. The minimum absolute atomic E-state index is 0.0385. The number of sulfonamides is 1. The Kier molecular flexibility index (Phi) is 5.67. The number of hydrogen-bond donors (Lipinski definition) is 0. The first-order chi connectivity index (χ1) is 13.9. The van der Waals surface area contributed by atoms with Crippen molar-refractivity contribution in [3.8, 4) is 0 Å². The Balaban J connectivity index is 1.49. The first kappa shape index (κ1) is 20.0. The second kappa shape index (κ2) is 8.22. The summed E-state index contributed by atoms with van der Waals surface area (Å²) in [6.45, 7) is 2.49. The minimum Gasteiger partial charge on any atom is -0.455 e. The van der Waals surface area contributed by atoms with Crippen molar-refractivity contribution in [2.75, 3.05) is 6.54 Å². The van der Waals surface area contributed by atoms with Crippen molar-refractivity contribution in [2.45, 2.75) is 43.7 Å². The van der Waals surface area contributed by atoms with Crippen LogP contribution in [0.3, 0.4) is 0 Å². The van der Waals surface area contributed by atoms with Crippen molar-refractivity contribution < 1.29 is 17.9 Å². The second-order valence-corrected chi connectivity index (χ2v) is 10.1. The first-order valence-electron chi connectivity index (χ1n) is 9.58. The molecule has 4 rings (SSSR count). The molecule has 1 fully saturated rings. The summed E-state index contributed by atoms with van der Waals surface area (Å²) in [5.41, 5.74) is 1.09. The Hall–Kier alpha value is -2.29. The summed E-state index contributed by atoms with van der Waals surface area (Å²) >= 11 is 1.47. The molecule has 1 unspecified atom stereocenters. The number of carbonyl (C=O) groups excluding carboxylic acids is 1. The number of fused-ring (bicyclic) bond motifs is 1. The zero-order valence-corrected chi connectivity index (χ0v) is 17.7. The largest absolute Gasteiger partial charge is 0.455 e. The van der Waals surface area contributed by atoms with Crippen LogP contribution >= 0.6 is 11.3 Å². The molecule has 8 heteroatoms. The number of para-hydroxylation sites is 1. The van der Waals surface area contributed by atoms with Crippen LogP contribution in [-0.2, 0) is 21.4 Å². The lowest BCUT2D eigenvalue weighted by molar-refractivity contribution is 0.0472. The molecule has 2 aromatic carbocycles. The number of rotatable bonds is 5. The fourth-order valence-electron chi connectivity index (χ4n) is 3.54. The van der Waals surface area contributed by atoms with Crippen LogP contribution in [0.4, 0.5) is 0 Å². The highest BCUT2D eigenvalue weighted by Crippen LogP contribution is 2.26. The summed E-state index contributed by atoms with van der Waals surface area (Å²) in [4.78, 5) is 17.1. The zero-order valence-electron chi connectivity index (χ0n) is 16.1. The molecule has 1 saturated heterocycles. The number of carbonyl (C=O) groups is 1. The summed E-state index contributed by atoms with van der Waals surface area (Å²) in [5.74, 6) is -0.562. The summed E-state index contributed by atoms with van der Waals surface area (Å²) in [7, 11) is -3.64. The smallest absolute Gasteiger partial charge is 0.338 e. The van der Waals surface area contributed by atoms with E-state index in [4.69, 9.17) is 4.74 Å². The highest BCUT2D eigenvalue weighted by Gasteiger charge is 2.31. The predicted molar refractivity (Wildman–Crippen MR) is 112 cm³/mol. The molecule has 0 saturated carbocycles. The standard InChI is InChI=1S/C21H22N2O4S2/c1-15-7-4-5-12-23(15)29(25,26)17-9-6-8-16(13-17)21(24)27-14-20-22-18-10-2-3-11-19(18)28-20/h2-3,6,8-11,13,15H,4-5,7,12,14H2,1H3. The molecule has 29 heavy (non-hydrogen) atoms. The molecule has 1 aliphatic heterocycles. The quantitative estimate of drug-likeness (QED) is 0.567. The summed E-state index contributed by atoms with van der Waals surface area (Å²) in [5, 5.41) is 0.700. The van der Waals surface area contributed by atoms with Gasteiger partial charge >= 0.3 is 5.97 Å². The fraction of sp³-hybridized carbons (Fsp3) is 0.333. The molecule has 3 aromatic rings. The third-order valence-corrected chi connectivity index (χ3v) is 8.10. The van der Waals surface area contributed by atoms with Gasteiger partial charge in [0.15, 0.2) is 0 Å². The van der Waals surface area contributed by atoms with E-state index < -0.39 is 16.0 Å². The molecule has 1 aromatic heterocycles. The predicted octanol–water partition coefficient (Wildman–Crippen LogP) is 4.22. The molecule has 0 amide bonds. The number of benzene rings is 2. The Morgan fingerprint density at radius 3 is 2.83 bits per heavy atom. The normalized spacial score (nSPS) is 18.0. The van der Waals surface area contributed by atoms with Crippen molar-refractivity contribution >= 4 is 37.5 Å². The Labute approximate surface area is 174 Å². The summed E-state index contributed by atoms with van der Waals surface area (Å²) in [6, 6.07) is 13.8. The molecule has 1 aliphatic rings. The minimum atomic E-state index is -3.64. The molecule has 0 bridgehead atoms. The van der Waals surface area contributed by atoms with Crippen LogP contribution in [0, 0.1) is 0 Å². The lowest BCUT2D eigenvalue weighted by atomic mass is 10.1. The van der Waals surface area contributed by atoms with Gasteiger partial charge in [-0.25, -0.2) is 18.2 Å². The molecule has 0 spiro atoms. The third-order valence-electron chi connectivity index (χ3n) is 5.08. The van der Waals surface area contributed by atoms with Crippen LogP contribution in [0.5, 0.6) is 0 Å². The number of hydrogen-bond acceptors (Lipinski definition) is 6. The van der Waals surface area contributed by atoms with Crippen LogP contribution < -0.4 is 0 Å². The maximum atomic E-state index is 13.0. The van der Waals surface area contributed by atoms with Gasteiger partial charge in [-0.2, -0.15) is 4.31 Å². The molecular weight excluding hydrogens is 408 g/mol. The number of aromatic nitrogens is 1. The van der Waals surface area contributed by atoms with Gasteiger partial charge in [-0.1, -0.05) is 24.6 Å². The number of esters is 1. The molecule has 2 heterocycles. The van der Waals surface area contributed by atoms with E-state index in [1.54, 1.807) is 12.1 Å². The van der Waals surface area contributed by atoms with Crippen molar-refractivity contribution in [1.82, 2.24) is 9.29 Å². The van der Waals surface area contributed by atoms with Gasteiger partial charge in [0.05, 0.1) is 20.7 Å². The number of thiazole rings is 1. The molecule has 0 N–H and O–H groups in total. The van der Waals surface area contributed by atoms with Crippen molar-refractivity contribution in [1.29, 1.82) is 0 Å². The van der Waals surface area contributed by atoms with E-state index in [2.05, 4.69) is 4.98 Å². The lowest BCUT2D eigenvalue weighted by Gasteiger charge is -2.32. The van der Waals surface area contributed by atoms with Gasteiger partial charge in [0.2, 0.25) is 10.0 Å². The maximum Gasteiger partial charge on any atom is 0.338 e. The third kappa shape index (κ3) is 4.19. The number of nitrogens with zero attached hydrogens (tertiary/aromatic N) is 2. The van der Waals surface area contributed by atoms with Crippen LogP contribution in [0.1, 0.15) is 41.6 Å². The van der Waals surface area contributed by atoms with Crippen LogP contribution in [0.15, 0.2) is 53.4 Å². The van der Waals surface area contributed by atoms with Crippen molar-refractivity contribution in [2.24, 2.45) is 0 Å². The monoisotopic (exact) mass is 430 g/mol. The first-order valence-corrected chi connectivity index (χ1v) is 11.8. The summed E-state index contributed by atoms with van der Waals surface area (Å²) in [6.07, 6.45) is 2.74. The SMILES string of the molecule is CC1CCCCN1S(=O)(=O)c1cccc(C(=O)OCc2nc3ccccc3s2)c1. The topological polar surface area (TPSA) is 76.6 Å². The van der Waals surface area contributed by atoms with Gasteiger partial charge in [-0.3, -0.25) is 0 Å². The zero-order chi connectivity index (χ0) is 20.4. The molecule has 1 atom stereocenters. The van der Waals surface area contributed by atoms with Crippen LogP contribution in [0.2, 0.25) is 0 Å². The molecule has 152 valence electrons. The molecular formula is C21H22N2O4S2. The molecule has 0 radical (unpaired) electrons. The number of piperidine rings is 1. The van der Waals surface area contributed by atoms with E-state index in [0.29, 0.717) is 11.6 Å². The Morgan fingerprint density at radius 2 is 2.03 bits per heavy atom. The fourth-order valence-corrected chi connectivity index (χ4v) is 6.17. The average molecular weight is 431 g/mol. The highest BCUT2D eigenvalue weighted by molar-refractivity contribution is 7.89. The lowest BCUT2D eigenvalue weighted by Crippen LogP contribution is -2.41. The highest BCUT2D eigenvalue weighted by atomic mass is 32.2. The van der Waals surface area contributed by atoms with Crippen LogP contribution in [-0.4, -0.2) is 36.3 Å². The van der Waals surface area contributed by atoms with E-state index in [0.717, 1.165) is 29.5 Å². The number of ether oxygens (including phenoxy) is 1. The van der Waals surface area contributed by atoms with Crippen LogP contribution in [0.25, 0.3) is 10.2 Å². The Morgan fingerprint density at radius 1 is 1.21 bits per heavy atom.